The minimum Gasteiger partial charge on any atom is -0.366 e. The number of hydrogen-bond acceptors (Lipinski definition) is 5. The van der Waals surface area contributed by atoms with Crippen LogP contribution < -0.4 is 10.2 Å². The lowest BCUT2D eigenvalue weighted by molar-refractivity contribution is 0.728. The fraction of sp³-hybridized carbons (Fsp3) is 0.471. The zero-order valence-electron chi connectivity index (χ0n) is 12.7. The summed E-state index contributed by atoms with van der Waals surface area (Å²) < 4.78 is 0. The van der Waals surface area contributed by atoms with Crippen LogP contribution >= 0.6 is 0 Å². The van der Waals surface area contributed by atoms with Crippen LogP contribution in [0.2, 0.25) is 0 Å². The molecule has 0 amide bonds. The second-order valence-electron chi connectivity index (χ2n) is 6.15. The van der Waals surface area contributed by atoms with Crippen molar-refractivity contribution in [1.82, 2.24) is 15.2 Å². The maximum absolute atomic E-state index is 4.70. The normalized spacial score (nSPS) is 18.3. The Hall–Kier alpha value is -2.17. The molecule has 5 heteroatoms. The molecule has 1 aliphatic carbocycles. The van der Waals surface area contributed by atoms with Crippen LogP contribution in [0.3, 0.4) is 0 Å². The molecule has 5 nitrogen and oxygen atoms in total. The Labute approximate surface area is 130 Å². The number of benzene rings is 1. The van der Waals surface area contributed by atoms with E-state index in [4.69, 9.17) is 4.98 Å². The van der Waals surface area contributed by atoms with E-state index in [1.807, 2.05) is 0 Å². The molecular formula is C17H21N5. The van der Waals surface area contributed by atoms with Crippen molar-refractivity contribution in [2.45, 2.75) is 44.6 Å². The summed E-state index contributed by atoms with van der Waals surface area (Å²) >= 11 is 0. The van der Waals surface area contributed by atoms with Crippen LogP contribution in [0, 0.1) is 0 Å². The van der Waals surface area contributed by atoms with Crippen LogP contribution in [0.25, 0.3) is 0 Å². The van der Waals surface area contributed by atoms with Gasteiger partial charge in [0.05, 0.1) is 6.20 Å². The average molecular weight is 295 g/mol. The summed E-state index contributed by atoms with van der Waals surface area (Å²) in [6, 6.07) is 9.05. The third kappa shape index (κ3) is 2.63. The van der Waals surface area contributed by atoms with Crippen LogP contribution in [-0.4, -0.2) is 27.8 Å². The molecule has 1 aromatic carbocycles. The van der Waals surface area contributed by atoms with Gasteiger partial charge in [-0.15, -0.1) is 5.10 Å². The summed E-state index contributed by atoms with van der Waals surface area (Å²) in [5.74, 6) is 1.55. The lowest BCUT2D eigenvalue weighted by Gasteiger charge is -2.29. The van der Waals surface area contributed by atoms with Gasteiger partial charge in [-0.05, 0) is 37.3 Å². The molecule has 2 aromatic rings. The zero-order valence-corrected chi connectivity index (χ0v) is 12.7. The molecule has 0 spiro atoms. The lowest BCUT2D eigenvalue weighted by Crippen LogP contribution is -2.27. The molecular weight excluding hydrogens is 274 g/mol. The Kier molecular flexibility index (Phi) is 3.62. The summed E-state index contributed by atoms with van der Waals surface area (Å²) in [5.41, 5.74) is 2.58. The molecule has 1 N–H and O–H groups in total. The fourth-order valence-corrected chi connectivity index (χ4v) is 3.50. The van der Waals surface area contributed by atoms with Gasteiger partial charge in [-0.1, -0.05) is 31.0 Å². The van der Waals surface area contributed by atoms with E-state index >= 15 is 0 Å². The van der Waals surface area contributed by atoms with Crippen molar-refractivity contribution in [1.29, 1.82) is 0 Å². The van der Waals surface area contributed by atoms with Crippen molar-refractivity contribution < 1.29 is 0 Å². The van der Waals surface area contributed by atoms with Gasteiger partial charge in [0.1, 0.15) is 0 Å². The number of hydrogen-bond donors (Lipinski definition) is 1. The molecule has 1 aliphatic heterocycles. The quantitative estimate of drug-likeness (QED) is 0.941. The predicted octanol–water partition coefficient (Wildman–Crippen LogP) is 3.31. The highest BCUT2D eigenvalue weighted by atomic mass is 15.3. The molecule has 0 bridgehead atoms. The fourth-order valence-electron chi connectivity index (χ4n) is 3.50. The summed E-state index contributed by atoms with van der Waals surface area (Å²) in [7, 11) is 0. The number of nitrogens with one attached hydrogen (secondary N) is 1. The molecule has 2 aliphatic rings. The predicted molar refractivity (Wildman–Crippen MR) is 87.5 cm³/mol. The minimum atomic E-state index is 0.540. The largest absolute Gasteiger partial charge is 0.366 e. The van der Waals surface area contributed by atoms with Crippen LogP contribution in [0.15, 0.2) is 30.5 Å². The lowest BCUT2D eigenvalue weighted by atomic mass is 10.0. The Morgan fingerprint density at radius 2 is 1.95 bits per heavy atom. The second-order valence-corrected chi connectivity index (χ2v) is 6.15. The highest BCUT2D eigenvalue weighted by Crippen LogP contribution is 2.31. The minimum absolute atomic E-state index is 0.540. The van der Waals surface area contributed by atoms with Crippen molar-refractivity contribution in [2.75, 3.05) is 16.8 Å². The van der Waals surface area contributed by atoms with E-state index in [1.54, 1.807) is 6.20 Å². The molecule has 1 saturated carbocycles. The van der Waals surface area contributed by atoms with E-state index in [-0.39, 0.29) is 0 Å². The molecule has 2 heterocycles. The van der Waals surface area contributed by atoms with Crippen molar-refractivity contribution >= 4 is 17.5 Å². The van der Waals surface area contributed by atoms with Crippen molar-refractivity contribution in [3.05, 3.63) is 36.0 Å². The summed E-state index contributed by atoms with van der Waals surface area (Å²) in [6.07, 6.45) is 9.06. The Bertz CT molecular complexity index is 651. The van der Waals surface area contributed by atoms with Crippen molar-refractivity contribution in [3.63, 3.8) is 0 Å². The van der Waals surface area contributed by atoms with Gasteiger partial charge in [0.15, 0.2) is 5.82 Å². The van der Waals surface area contributed by atoms with Gasteiger partial charge in [0.25, 0.3) is 5.95 Å². The molecule has 114 valence electrons. The van der Waals surface area contributed by atoms with Crippen molar-refractivity contribution in [2.24, 2.45) is 0 Å². The maximum Gasteiger partial charge on any atom is 0.251 e. The van der Waals surface area contributed by atoms with E-state index in [1.165, 1.54) is 36.9 Å². The maximum atomic E-state index is 4.70. The summed E-state index contributed by atoms with van der Waals surface area (Å²) in [5, 5.41) is 11.9. The topological polar surface area (TPSA) is 53.9 Å². The molecule has 0 unspecified atom stereocenters. The van der Waals surface area contributed by atoms with E-state index in [0.717, 1.165) is 25.2 Å². The first-order valence-electron chi connectivity index (χ1n) is 8.22. The highest BCUT2D eigenvalue weighted by molar-refractivity contribution is 5.63. The van der Waals surface area contributed by atoms with Gasteiger partial charge in [-0.2, -0.15) is 10.1 Å². The summed E-state index contributed by atoms with van der Waals surface area (Å²) in [6.45, 7) is 0.950. The smallest absolute Gasteiger partial charge is 0.251 e. The number of aryl methyl sites for hydroxylation is 1. The van der Waals surface area contributed by atoms with E-state index in [2.05, 4.69) is 44.7 Å². The first kappa shape index (κ1) is 13.5. The standard InChI is InChI=1S/C17H21N5/c1-4-10-15-13(6-1)7-5-11-22(15)17-20-16(12-18-21-17)19-14-8-2-3-9-14/h1,4,6,10,12,14H,2-3,5,7-9,11H2,(H,19,20,21). The van der Waals surface area contributed by atoms with Crippen molar-refractivity contribution in [3.8, 4) is 0 Å². The van der Waals surface area contributed by atoms with E-state index in [0.29, 0.717) is 12.0 Å². The first-order chi connectivity index (χ1) is 10.9. The Morgan fingerprint density at radius 3 is 2.86 bits per heavy atom. The van der Waals surface area contributed by atoms with Gasteiger partial charge in [-0.3, -0.25) is 0 Å². The average Bonchev–Trinajstić information content (AvgIpc) is 3.07. The van der Waals surface area contributed by atoms with E-state index < -0.39 is 0 Å². The van der Waals surface area contributed by atoms with Crippen LogP contribution in [0.5, 0.6) is 0 Å². The molecule has 0 radical (unpaired) electrons. The molecule has 0 atom stereocenters. The Balaban J connectivity index is 1.60. The Morgan fingerprint density at radius 1 is 1.09 bits per heavy atom. The third-order valence-corrected chi connectivity index (χ3v) is 4.61. The van der Waals surface area contributed by atoms with E-state index in [9.17, 15) is 0 Å². The highest BCUT2D eigenvalue weighted by Gasteiger charge is 2.21. The van der Waals surface area contributed by atoms with Gasteiger partial charge in [0.2, 0.25) is 0 Å². The van der Waals surface area contributed by atoms with Crippen LogP contribution in [0.1, 0.15) is 37.7 Å². The number of rotatable bonds is 3. The number of fused-ring (bicyclic) bond motifs is 1. The summed E-state index contributed by atoms with van der Waals surface area (Å²) in [4.78, 5) is 6.89. The SMILES string of the molecule is c1ccc2c(c1)CCCN2c1nncc(NC2CCCC2)n1. The van der Waals surface area contributed by atoms with Gasteiger partial charge >= 0.3 is 0 Å². The molecule has 1 aromatic heterocycles. The molecule has 0 saturated heterocycles. The molecule has 4 rings (SSSR count). The first-order valence-corrected chi connectivity index (χ1v) is 8.22. The monoisotopic (exact) mass is 295 g/mol. The third-order valence-electron chi connectivity index (χ3n) is 4.61. The molecule has 1 fully saturated rings. The van der Waals surface area contributed by atoms with Gasteiger partial charge < -0.3 is 10.2 Å². The second kappa shape index (κ2) is 5.91. The number of nitrogens with zero attached hydrogens (tertiary/aromatic N) is 4. The number of para-hydroxylation sites is 1. The van der Waals surface area contributed by atoms with Gasteiger partial charge in [0, 0.05) is 18.3 Å². The molecule has 22 heavy (non-hydrogen) atoms. The number of aromatic nitrogens is 3. The zero-order chi connectivity index (χ0) is 14.8. The van der Waals surface area contributed by atoms with Gasteiger partial charge in [-0.25, -0.2) is 0 Å². The van der Waals surface area contributed by atoms with Crippen LogP contribution in [0.4, 0.5) is 17.5 Å². The van der Waals surface area contributed by atoms with Crippen LogP contribution in [-0.2, 0) is 6.42 Å². The number of anilines is 3.